The van der Waals surface area contributed by atoms with E-state index in [9.17, 15) is 9.59 Å². The van der Waals surface area contributed by atoms with E-state index in [2.05, 4.69) is 10.3 Å². The number of rotatable bonds is 8. The molecule has 0 atom stereocenters. The van der Waals surface area contributed by atoms with Crippen LogP contribution in [-0.2, 0) is 24.3 Å². The molecule has 1 aromatic carbocycles. The molecule has 5 rings (SSSR count). The van der Waals surface area contributed by atoms with Gasteiger partial charge in [-0.3, -0.25) is 9.59 Å². The predicted molar refractivity (Wildman–Crippen MR) is 119 cm³/mol. The highest BCUT2D eigenvalue weighted by Gasteiger charge is 2.24. The third kappa shape index (κ3) is 4.72. The van der Waals surface area contributed by atoms with Crippen LogP contribution in [0.1, 0.15) is 40.2 Å². The molecule has 7 nitrogen and oxygen atoms in total. The lowest BCUT2D eigenvalue weighted by Crippen LogP contribution is -2.31. The number of carbonyl (C=O) groups is 2. The van der Waals surface area contributed by atoms with E-state index in [1.807, 2.05) is 71.4 Å². The van der Waals surface area contributed by atoms with Crippen molar-refractivity contribution in [3.63, 3.8) is 0 Å². The number of fused-ring (bicyclic) bond motifs is 1. The Morgan fingerprint density at radius 1 is 1.06 bits per heavy atom. The molecule has 0 aliphatic heterocycles. The summed E-state index contributed by atoms with van der Waals surface area (Å²) in [6.07, 6.45) is 7.71. The van der Waals surface area contributed by atoms with Crippen LogP contribution < -0.4 is 5.32 Å². The number of nitrogens with one attached hydrogen (secondary N) is 1. The van der Waals surface area contributed by atoms with Gasteiger partial charge in [0.05, 0.1) is 24.9 Å². The maximum absolute atomic E-state index is 13.2. The first-order chi connectivity index (χ1) is 15.6. The van der Waals surface area contributed by atoms with Gasteiger partial charge in [0.2, 0.25) is 5.91 Å². The van der Waals surface area contributed by atoms with E-state index in [0.717, 1.165) is 29.7 Å². The molecule has 1 aliphatic carbocycles. The summed E-state index contributed by atoms with van der Waals surface area (Å²) in [5, 5.41) is 2.99. The third-order valence-electron chi connectivity index (χ3n) is 5.53. The van der Waals surface area contributed by atoms with Gasteiger partial charge < -0.3 is 19.0 Å². The maximum Gasteiger partial charge on any atom is 0.251 e. The van der Waals surface area contributed by atoms with Crippen LogP contribution in [0.3, 0.4) is 0 Å². The van der Waals surface area contributed by atoms with Crippen LogP contribution in [0.25, 0.3) is 5.65 Å². The fourth-order valence-electron chi connectivity index (χ4n) is 3.64. The minimum absolute atomic E-state index is 0.0413. The summed E-state index contributed by atoms with van der Waals surface area (Å²) in [5.74, 6) is 0.628. The SMILES string of the molecule is O=C(NC1CC1)c1ccc(CN(Cc2ccco2)C(=O)Cc2cn3ccccc3n2)cc1. The molecule has 0 saturated heterocycles. The van der Waals surface area contributed by atoms with Crippen molar-refractivity contribution >= 4 is 17.5 Å². The minimum atomic E-state index is -0.0468. The van der Waals surface area contributed by atoms with Crippen molar-refractivity contribution in [2.24, 2.45) is 0 Å². The van der Waals surface area contributed by atoms with Crippen molar-refractivity contribution in [1.82, 2.24) is 19.6 Å². The number of carbonyl (C=O) groups excluding carboxylic acids is 2. The molecule has 4 aromatic rings. The lowest BCUT2D eigenvalue weighted by molar-refractivity contribution is -0.132. The first-order valence-electron chi connectivity index (χ1n) is 10.8. The fourth-order valence-corrected chi connectivity index (χ4v) is 3.64. The second-order valence-corrected chi connectivity index (χ2v) is 8.15. The normalized spacial score (nSPS) is 13.2. The van der Waals surface area contributed by atoms with Gasteiger partial charge >= 0.3 is 0 Å². The van der Waals surface area contributed by atoms with Gasteiger partial charge in [-0.25, -0.2) is 4.98 Å². The first kappa shape index (κ1) is 20.1. The van der Waals surface area contributed by atoms with E-state index in [1.54, 1.807) is 11.2 Å². The molecule has 0 bridgehead atoms. The number of furan rings is 1. The van der Waals surface area contributed by atoms with Crippen LogP contribution in [-0.4, -0.2) is 32.1 Å². The highest BCUT2D eigenvalue weighted by atomic mass is 16.3. The van der Waals surface area contributed by atoms with Gasteiger partial charge in [-0.05, 0) is 54.8 Å². The van der Waals surface area contributed by atoms with Crippen molar-refractivity contribution in [2.75, 3.05) is 0 Å². The summed E-state index contributed by atoms with van der Waals surface area (Å²) in [7, 11) is 0. The average Bonchev–Trinajstić information content (AvgIpc) is 3.29. The van der Waals surface area contributed by atoms with Gasteiger partial charge in [0, 0.05) is 30.5 Å². The molecule has 32 heavy (non-hydrogen) atoms. The Hall–Kier alpha value is -3.87. The number of hydrogen-bond donors (Lipinski definition) is 1. The summed E-state index contributed by atoms with van der Waals surface area (Å²) >= 11 is 0. The van der Waals surface area contributed by atoms with E-state index in [0.29, 0.717) is 30.5 Å². The Morgan fingerprint density at radius 2 is 1.91 bits per heavy atom. The number of pyridine rings is 1. The monoisotopic (exact) mass is 428 g/mol. The lowest BCUT2D eigenvalue weighted by Gasteiger charge is -2.22. The van der Waals surface area contributed by atoms with Crippen molar-refractivity contribution in [3.8, 4) is 0 Å². The van der Waals surface area contributed by atoms with E-state index >= 15 is 0 Å². The van der Waals surface area contributed by atoms with Gasteiger partial charge in [-0.15, -0.1) is 0 Å². The molecule has 3 aromatic heterocycles. The van der Waals surface area contributed by atoms with Gasteiger partial charge in [0.25, 0.3) is 5.91 Å². The van der Waals surface area contributed by atoms with Crippen molar-refractivity contribution in [3.05, 3.63) is 95.8 Å². The number of benzene rings is 1. The zero-order valence-electron chi connectivity index (χ0n) is 17.6. The van der Waals surface area contributed by atoms with E-state index in [4.69, 9.17) is 4.42 Å². The van der Waals surface area contributed by atoms with E-state index in [1.165, 1.54) is 0 Å². The van der Waals surface area contributed by atoms with E-state index in [-0.39, 0.29) is 18.2 Å². The first-order valence-corrected chi connectivity index (χ1v) is 10.8. The molecular weight excluding hydrogens is 404 g/mol. The Labute approximate surface area is 185 Å². The standard InChI is InChI=1S/C25H24N4O3/c30-24(14-21-16-28-12-2-1-5-23(28)26-21)29(17-22-4-3-13-32-22)15-18-6-8-19(9-7-18)25(31)27-20-10-11-20/h1-9,12-13,16,20H,10-11,14-15,17H2,(H,27,31). The fraction of sp³-hybridized carbons (Fsp3) is 0.240. The molecule has 1 fully saturated rings. The molecule has 7 heteroatoms. The summed E-state index contributed by atoms with van der Waals surface area (Å²) in [6, 6.07) is 17.2. The molecule has 0 spiro atoms. The number of hydrogen-bond acceptors (Lipinski definition) is 4. The second-order valence-electron chi connectivity index (χ2n) is 8.15. The molecule has 0 radical (unpaired) electrons. The summed E-state index contributed by atoms with van der Waals surface area (Å²) in [5.41, 5.74) is 3.11. The van der Waals surface area contributed by atoms with Crippen LogP contribution >= 0.6 is 0 Å². The van der Waals surface area contributed by atoms with E-state index < -0.39 is 0 Å². The number of amides is 2. The largest absolute Gasteiger partial charge is 0.467 e. The van der Waals surface area contributed by atoms with Crippen LogP contribution in [0.15, 0.2) is 77.7 Å². The molecule has 1 aliphatic rings. The molecule has 2 amide bonds. The Kier molecular flexibility index (Phi) is 5.46. The molecule has 1 N–H and O–H groups in total. The van der Waals surface area contributed by atoms with Crippen molar-refractivity contribution in [2.45, 2.75) is 38.4 Å². The Balaban J connectivity index is 1.30. The lowest BCUT2D eigenvalue weighted by atomic mass is 10.1. The molecule has 162 valence electrons. The molecular formula is C25H24N4O3. The average molecular weight is 428 g/mol. The smallest absolute Gasteiger partial charge is 0.251 e. The highest BCUT2D eigenvalue weighted by Crippen LogP contribution is 2.20. The Morgan fingerprint density at radius 3 is 2.62 bits per heavy atom. The van der Waals surface area contributed by atoms with Crippen LogP contribution in [0.2, 0.25) is 0 Å². The topological polar surface area (TPSA) is 79.9 Å². The summed E-state index contributed by atoms with van der Waals surface area (Å²) < 4.78 is 7.38. The highest BCUT2D eigenvalue weighted by molar-refractivity contribution is 5.94. The molecule has 0 unspecified atom stereocenters. The minimum Gasteiger partial charge on any atom is -0.467 e. The zero-order valence-corrected chi connectivity index (χ0v) is 17.6. The quantitative estimate of drug-likeness (QED) is 0.465. The van der Waals surface area contributed by atoms with Crippen molar-refractivity contribution in [1.29, 1.82) is 0 Å². The van der Waals surface area contributed by atoms with Crippen LogP contribution in [0, 0.1) is 0 Å². The number of nitrogens with zero attached hydrogens (tertiary/aromatic N) is 3. The molecule has 1 saturated carbocycles. The van der Waals surface area contributed by atoms with Crippen LogP contribution in [0.5, 0.6) is 0 Å². The van der Waals surface area contributed by atoms with Crippen LogP contribution in [0.4, 0.5) is 0 Å². The van der Waals surface area contributed by atoms with Gasteiger partial charge in [0.15, 0.2) is 0 Å². The second kappa shape index (κ2) is 8.70. The van der Waals surface area contributed by atoms with Gasteiger partial charge in [-0.2, -0.15) is 0 Å². The van der Waals surface area contributed by atoms with Gasteiger partial charge in [0.1, 0.15) is 11.4 Å². The van der Waals surface area contributed by atoms with Crippen molar-refractivity contribution < 1.29 is 14.0 Å². The summed E-state index contributed by atoms with van der Waals surface area (Å²) in [6.45, 7) is 0.778. The zero-order chi connectivity index (χ0) is 21.9. The number of imidazole rings is 1. The molecule has 3 heterocycles. The maximum atomic E-state index is 13.2. The Bertz CT molecular complexity index is 1190. The van der Waals surface area contributed by atoms with Gasteiger partial charge in [-0.1, -0.05) is 18.2 Å². The summed E-state index contributed by atoms with van der Waals surface area (Å²) in [4.78, 5) is 31.7. The number of aromatic nitrogens is 2. The third-order valence-corrected chi connectivity index (χ3v) is 5.53. The predicted octanol–water partition coefficient (Wildman–Crippen LogP) is 3.59.